The van der Waals surface area contributed by atoms with Crippen molar-refractivity contribution in [3.63, 3.8) is 0 Å². The summed E-state index contributed by atoms with van der Waals surface area (Å²) >= 11 is 0. The summed E-state index contributed by atoms with van der Waals surface area (Å²) in [6.07, 6.45) is -7.35. The Morgan fingerprint density at radius 3 is 2.17 bits per heavy atom. The van der Waals surface area contributed by atoms with E-state index in [0.29, 0.717) is 33.1 Å². The number of carbonyl (C=O) groups is 1. The van der Waals surface area contributed by atoms with Crippen molar-refractivity contribution in [2.45, 2.75) is 19.0 Å². The summed E-state index contributed by atoms with van der Waals surface area (Å²) in [5.74, 6) is -1.77. The van der Waals surface area contributed by atoms with Gasteiger partial charge in [0.2, 0.25) is 5.88 Å². The molecule has 3 heterocycles. The van der Waals surface area contributed by atoms with Crippen molar-refractivity contribution >= 4 is 5.97 Å². The average Bonchev–Trinajstić information content (AvgIpc) is 3.43. The molecule has 42 heavy (non-hydrogen) atoms. The molecule has 2 aromatic carbocycles. The Hall–Kier alpha value is -5.20. The quantitative estimate of drug-likeness (QED) is 0.202. The van der Waals surface area contributed by atoms with Crippen molar-refractivity contribution in [1.29, 1.82) is 0 Å². The lowest BCUT2D eigenvalue weighted by Crippen LogP contribution is -2.18. The highest BCUT2D eigenvalue weighted by Crippen LogP contribution is 2.34. The van der Waals surface area contributed by atoms with Crippen molar-refractivity contribution in [2.24, 2.45) is 0 Å². The standard InChI is InChI=1S/C29H18F6N4O3/c30-28(31,32)20-11-8-17(9-12-20)18-10-13-25(36-14-18)42-16-19-4-1-2-5-21(19)23-6-3-7-24(38-23)39-26(29(33,34)35)22(15-37-39)27(40)41/h1-15H,16H2,(H,40,41). The van der Waals surface area contributed by atoms with E-state index in [9.17, 15) is 36.2 Å². The van der Waals surface area contributed by atoms with Gasteiger partial charge in [0.05, 0.1) is 17.5 Å². The first kappa shape index (κ1) is 28.3. The maximum absolute atomic E-state index is 13.7. The minimum Gasteiger partial charge on any atom is -0.478 e. The molecule has 0 unspecified atom stereocenters. The van der Waals surface area contributed by atoms with Crippen LogP contribution >= 0.6 is 0 Å². The van der Waals surface area contributed by atoms with Crippen LogP contribution in [0.15, 0.2) is 91.3 Å². The lowest BCUT2D eigenvalue weighted by Gasteiger charge is -2.13. The minimum absolute atomic E-state index is 0.00738. The number of aromatic carboxylic acids is 1. The third-order valence-electron chi connectivity index (χ3n) is 6.17. The van der Waals surface area contributed by atoms with Crippen LogP contribution in [0.1, 0.15) is 27.2 Å². The minimum atomic E-state index is -5.00. The second-order valence-corrected chi connectivity index (χ2v) is 8.91. The lowest BCUT2D eigenvalue weighted by atomic mass is 10.0. The van der Waals surface area contributed by atoms with E-state index in [1.807, 2.05) is 0 Å². The fourth-order valence-corrected chi connectivity index (χ4v) is 4.18. The van der Waals surface area contributed by atoms with Crippen LogP contribution in [0.25, 0.3) is 28.2 Å². The van der Waals surface area contributed by atoms with Crippen molar-refractivity contribution in [3.8, 4) is 34.1 Å². The van der Waals surface area contributed by atoms with Gasteiger partial charge in [-0.05, 0) is 41.5 Å². The van der Waals surface area contributed by atoms with E-state index in [-0.39, 0.29) is 24.0 Å². The molecule has 3 aromatic heterocycles. The first-order valence-corrected chi connectivity index (χ1v) is 12.1. The second-order valence-electron chi connectivity index (χ2n) is 8.91. The van der Waals surface area contributed by atoms with Crippen LogP contribution in [0, 0.1) is 0 Å². The highest BCUT2D eigenvalue weighted by molar-refractivity contribution is 5.89. The van der Waals surface area contributed by atoms with Crippen molar-refractivity contribution in [3.05, 3.63) is 114 Å². The summed E-state index contributed by atoms with van der Waals surface area (Å²) in [4.78, 5) is 19.9. The largest absolute Gasteiger partial charge is 0.478 e. The molecule has 0 aliphatic rings. The van der Waals surface area contributed by atoms with Gasteiger partial charge in [-0.15, -0.1) is 0 Å². The molecular weight excluding hydrogens is 566 g/mol. The second kappa shape index (κ2) is 11.0. The normalized spacial score (nSPS) is 11.9. The van der Waals surface area contributed by atoms with Gasteiger partial charge in [-0.25, -0.2) is 19.4 Å². The maximum Gasteiger partial charge on any atom is 0.434 e. The van der Waals surface area contributed by atoms with Crippen LogP contribution in [0.3, 0.4) is 0 Å². The molecule has 0 aliphatic carbocycles. The topological polar surface area (TPSA) is 90.1 Å². The number of pyridine rings is 2. The summed E-state index contributed by atoms with van der Waals surface area (Å²) in [6, 6.07) is 19.1. The van der Waals surface area contributed by atoms with Crippen LogP contribution < -0.4 is 4.74 Å². The Kier molecular flexibility index (Phi) is 7.42. The van der Waals surface area contributed by atoms with Crippen LogP contribution in [-0.4, -0.2) is 30.8 Å². The number of carboxylic acids is 1. The molecular formula is C29H18F6N4O3. The molecule has 0 saturated heterocycles. The highest BCUT2D eigenvalue weighted by Gasteiger charge is 2.41. The van der Waals surface area contributed by atoms with E-state index in [0.717, 1.165) is 12.1 Å². The molecule has 0 atom stereocenters. The lowest BCUT2D eigenvalue weighted by molar-refractivity contribution is -0.143. The fourth-order valence-electron chi connectivity index (χ4n) is 4.18. The predicted octanol–water partition coefficient (Wildman–Crippen LogP) is 7.31. The molecule has 0 aliphatic heterocycles. The number of ether oxygens (including phenoxy) is 1. The Morgan fingerprint density at radius 2 is 1.52 bits per heavy atom. The van der Waals surface area contributed by atoms with Gasteiger partial charge in [0.15, 0.2) is 11.5 Å². The number of nitrogens with zero attached hydrogens (tertiary/aromatic N) is 4. The molecule has 0 radical (unpaired) electrons. The van der Waals surface area contributed by atoms with Crippen molar-refractivity contribution in [1.82, 2.24) is 19.7 Å². The molecule has 5 rings (SSSR count). The maximum atomic E-state index is 13.7. The zero-order valence-corrected chi connectivity index (χ0v) is 21.2. The van der Waals surface area contributed by atoms with Crippen molar-refractivity contribution in [2.75, 3.05) is 0 Å². The summed E-state index contributed by atoms with van der Waals surface area (Å²) in [6.45, 7) is 0.00738. The van der Waals surface area contributed by atoms with E-state index in [1.54, 1.807) is 42.5 Å². The van der Waals surface area contributed by atoms with Gasteiger partial charge >= 0.3 is 18.3 Å². The van der Waals surface area contributed by atoms with Crippen LogP contribution in [0.4, 0.5) is 26.3 Å². The summed E-state index contributed by atoms with van der Waals surface area (Å²) < 4.78 is 85.8. The number of aromatic nitrogens is 4. The third-order valence-corrected chi connectivity index (χ3v) is 6.17. The van der Waals surface area contributed by atoms with Gasteiger partial charge < -0.3 is 9.84 Å². The summed E-state index contributed by atoms with van der Waals surface area (Å²) in [7, 11) is 0. The molecule has 0 bridgehead atoms. The Bertz CT molecular complexity index is 1730. The van der Waals surface area contributed by atoms with Gasteiger partial charge in [0, 0.05) is 23.4 Å². The van der Waals surface area contributed by atoms with E-state index in [1.165, 1.54) is 30.5 Å². The number of carboxylic acid groups (broad SMARTS) is 1. The van der Waals surface area contributed by atoms with Gasteiger partial charge in [0.1, 0.15) is 12.2 Å². The number of hydrogen-bond acceptors (Lipinski definition) is 5. The van der Waals surface area contributed by atoms with Gasteiger partial charge in [-0.1, -0.05) is 42.5 Å². The number of alkyl halides is 6. The molecule has 5 aromatic rings. The van der Waals surface area contributed by atoms with Crippen LogP contribution in [-0.2, 0) is 19.0 Å². The highest BCUT2D eigenvalue weighted by atomic mass is 19.4. The number of benzene rings is 2. The van der Waals surface area contributed by atoms with Crippen LogP contribution in [0.2, 0.25) is 0 Å². The monoisotopic (exact) mass is 584 g/mol. The van der Waals surface area contributed by atoms with Gasteiger partial charge in [0.25, 0.3) is 0 Å². The van der Waals surface area contributed by atoms with E-state index in [4.69, 9.17) is 4.74 Å². The summed E-state index contributed by atoms with van der Waals surface area (Å²) in [5, 5.41) is 12.8. The third kappa shape index (κ3) is 5.94. The van der Waals surface area contributed by atoms with Gasteiger partial charge in [-0.3, -0.25) is 0 Å². The predicted molar refractivity (Wildman–Crippen MR) is 138 cm³/mol. The summed E-state index contributed by atoms with van der Waals surface area (Å²) in [5.41, 5.74) is -0.632. The molecule has 1 N–H and O–H groups in total. The Morgan fingerprint density at radius 1 is 0.810 bits per heavy atom. The molecule has 7 nitrogen and oxygen atoms in total. The first-order valence-electron chi connectivity index (χ1n) is 12.1. The van der Waals surface area contributed by atoms with Crippen molar-refractivity contribution < 1.29 is 41.0 Å². The molecule has 0 fully saturated rings. The molecule has 13 heteroatoms. The van der Waals surface area contributed by atoms with Gasteiger partial charge in [-0.2, -0.15) is 31.4 Å². The average molecular weight is 584 g/mol. The van der Waals surface area contributed by atoms with E-state index >= 15 is 0 Å². The SMILES string of the molecule is O=C(O)c1cnn(-c2cccc(-c3ccccc3COc3ccc(-c4ccc(C(F)(F)F)cc4)cn3)n2)c1C(F)(F)F. The van der Waals surface area contributed by atoms with E-state index in [2.05, 4.69) is 15.1 Å². The molecule has 0 saturated carbocycles. The smallest absolute Gasteiger partial charge is 0.434 e. The zero-order chi connectivity index (χ0) is 30.1. The Balaban J connectivity index is 1.36. The molecule has 0 amide bonds. The number of rotatable bonds is 7. The number of hydrogen-bond donors (Lipinski definition) is 1. The number of halogens is 6. The van der Waals surface area contributed by atoms with E-state index < -0.39 is 35.1 Å². The zero-order valence-electron chi connectivity index (χ0n) is 21.2. The molecule has 0 spiro atoms. The van der Waals surface area contributed by atoms with Crippen LogP contribution in [0.5, 0.6) is 5.88 Å². The first-order chi connectivity index (χ1) is 19.9. The molecule has 214 valence electrons. The fraction of sp³-hybridized carbons (Fsp3) is 0.103. The Labute approximate surface area is 233 Å².